The van der Waals surface area contributed by atoms with Crippen molar-refractivity contribution < 1.29 is 13.2 Å². The van der Waals surface area contributed by atoms with Gasteiger partial charge in [-0.05, 0) is 63.4 Å². The van der Waals surface area contributed by atoms with Gasteiger partial charge < -0.3 is 9.47 Å². The van der Waals surface area contributed by atoms with Gasteiger partial charge in [0.2, 0.25) is 15.7 Å². The number of hydrogen-bond donors (Lipinski definition) is 0. The Bertz CT molecular complexity index is 1170. The molecular weight excluding hydrogens is 420 g/mol. The third kappa shape index (κ3) is 3.74. The molecule has 4 rings (SSSR count). The number of carbonyl (C=O) groups excluding carboxylic acids is 1. The Morgan fingerprint density at radius 3 is 2.33 bits per heavy atom. The van der Waals surface area contributed by atoms with Gasteiger partial charge in [0.15, 0.2) is 0 Å². The molecule has 2 heterocycles. The molecule has 30 heavy (non-hydrogen) atoms. The number of aromatic nitrogens is 1. The first-order valence-corrected chi connectivity index (χ1v) is 12.0. The molecule has 1 saturated heterocycles. The lowest BCUT2D eigenvalue weighted by atomic mass is 9.97. The predicted molar refractivity (Wildman–Crippen MR) is 118 cm³/mol. The van der Waals surface area contributed by atoms with Crippen LogP contribution in [0.4, 0.5) is 0 Å². The number of benzene rings is 2. The second-order valence-corrected chi connectivity index (χ2v) is 10.4. The molecule has 7 heteroatoms. The summed E-state index contributed by atoms with van der Waals surface area (Å²) in [4.78, 5) is 15.5. The van der Waals surface area contributed by atoms with E-state index in [2.05, 4.69) is 13.8 Å². The molecule has 0 N–H and O–H groups in total. The summed E-state index contributed by atoms with van der Waals surface area (Å²) in [6.07, 6.45) is 4.71. The van der Waals surface area contributed by atoms with Crippen LogP contribution in [0, 0.1) is 0 Å². The topological polar surface area (TPSA) is 59.4 Å². The van der Waals surface area contributed by atoms with Gasteiger partial charge in [-0.1, -0.05) is 29.8 Å². The molecule has 0 saturated carbocycles. The minimum absolute atomic E-state index is 0.0193. The van der Waals surface area contributed by atoms with E-state index in [1.807, 2.05) is 23.1 Å². The third-order valence-corrected chi connectivity index (χ3v) is 8.00. The molecule has 1 aliphatic rings. The highest BCUT2D eigenvalue weighted by atomic mass is 35.5. The number of para-hydroxylation sites is 1. The van der Waals surface area contributed by atoms with Gasteiger partial charge in [-0.25, -0.2) is 8.42 Å². The molecule has 1 amide bonds. The fraction of sp³-hybridized carbons (Fsp3) is 0.348. The van der Waals surface area contributed by atoms with E-state index >= 15 is 0 Å². The number of likely N-dealkylation sites (tertiary alicyclic amines) is 1. The molecule has 0 aliphatic carbocycles. The van der Waals surface area contributed by atoms with Gasteiger partial charge in [-0.3, -0.25) is 4.79 Å². The van der Waals surface area contributed by atoms with Crippen molar-refractivity contribution in [2.75, 3.05) is 0 Å². The fourth-order valence-electron chi connectivity index (χ4n) is 4.44. The highest BCUT2D eigenvalue weighted by Gasteiger charge is 2.30. The van der Waals surface area contributed by atoms with Gasteiger partial charge in [-0.2, -0.15) is 0 Å². The van der Waals surface area contributed by atoms with Crippen LogP contribution in [0.15, 0.2) is 64.5 Å². The number of carbonyl (C=O) groups is 1. The third-order valence-electron chi connectivity index (χ3n) is 5.95. The smallest absolute Gasteiger partial charge is 0.242 e. The quantitative estimate of drug-likeness (QED) is 0.574. The van der Waals surface area contributed by atoms with Crippen LogP contribution >= 0.6 is 11.6 Å². The van der Waals surface area contributed by atoms with Crippen molar-refractivity contribution in [3.63, 3.8) is 0 Å². The SMILES string of the molecule is CC1CCCC(C)N1C(=O)Cn1cc(S(=O)(=O)c2ccc(Cl)cc2)c2ccccc21. The molecule has 2 atom stereocenters. The van der Waals surface area contributed by atoms with Crippen LogP contribution in [-0.4, -0.2) is 35.9 Å². The number of nitrogens with zero attached hydrogens (tertiary/aromatic N) is 2. The van der Waals surface area contributed by atoms with Crippen molar-refractivity contribution in [3.8, 4) is 0 Å². The molecule has 0 spiro atoms. The maximum absolute atomic E-state index is 13.3. The average molecular weight is 445 g/mol. The summed E-state index contributed by atoms with van der Waals surface area (Å²) in [5, 5.41) is 1.09. The Balaban J connectivity index is 1.74. The number of halogens is 1. The summed E-state index contributed by atoms with van der Waals surface area (Å²) in [7, 11) is -3.75. The van der Waals surface area contributed by atoms with Crippen molar-refractivity contribution in [2.24, 2.45) is 0 Å². The maximum atomic E-state index is 13.3. The lowest BCUT2D eigenvalue weighted by Crippen LogP contribution is -2.48. The van der Waals surface area contributed by atoms with E-state index in [-0.39, 0.29) is 34.3 Å². The van der Waals surface area contributed by atoms with Crippen LogP contribution in [0.2, 0.25) is 5.02 Å². The molecule has 1 aromatic heterocycles. The van der Waals surface area contributed by atoms with Gasteiger partial charge in [0.1, 0.15) is 6.54 Å². The molecule has 0 radical (unpaired) electrons. The van der Waals surface area contributed by atoms with Crippen LogP contribution < -0.4 is 0 Å². The summed E-state index contributed by atoms with van der Waals surface area (Å²) in [5.41, 5.74) is 0.732. The van der Waals surface area contributed by atoms with Crippen LogP contribution in [0.3, 0.4) is 0 Å². The molecule has 1 aliphatic heterocycles. The van der Waals surface area contributed by atoms with Gasteiger partial charge in [0, 0.05) is 34.2 Å². The first-order chi connectivity index (χ1) is 14.3. The monoisotopic (exact) mass is 444 g/mol. The molecule has 5 nitrogen and oxygen atoms in total. The van der Waals surface area contributed by atoms with Crippen LogP contribution in [0.25, 0.3) is 10.9 Å². The van der Waals surface area contributed by atoms with Crippen LogP contribution in [0.1, 0.15) is 33.1 Å². The van der Waals surface area contributed by atoms with Crippen molar-refractivity contribution >= 4 is 38.2 Å². The van der Waals surface area contributed by atoms with E-state index in [1.165, 1.54) is 12.1 Å². The predicted octanol–water partition coefficient (Wildman–Crippen LogP) is 4.92. The number of amides is 1. The van der Waals surface area contributed by atoms with Gasteiger partial charge in [0.25, 0.3) is 0 Å². The summed E-state index contributed by atoms with van der Waals surface area (Å²) < 4.78 is 28.4. The van der Waals surface area contributed by atoms with E-state index < -0.39 is 9.84 Å². The standard InChI is InChI=1S/C23H25ClN2O3S/c1-16-6-5-7-17(2)26(16)23(27)15-25-14-22(20-8-3-4-9-21(20)25)30(28,29)19-12-10-18(24)11-13-19/h3-4,8-14,16-17H,5-7,15H2,1-2H3. The zero-order chi connectivity index (χ0) is 21.5. The lowest BCUT2D eigenvalue weighted by molar-refractivity contribution is -0.137. The average Bonchev–Trinajstić information content (AvgIpc) is 3.07. The number of piperidine rings is 1. The van der Waals surface area contributed by atoms with E-state index in [0.717, 1.165) is 24.8 Å². The largest absolute Gasteiger partial charge is 0.337 e. The Kier molecular flexibility index (Phi) is 5.64. The van der Waals surface area contributed by atoms with E-state index in [1.54, 1.807) is 29.0 Å². The Hall–Kier alpha value is -2.31. The van der Waals surface area contributed by atoms with Crippen molar-refractivity contribution in [3.05, 3.63) is 59.8 Å². The molecular formula is C23H25ClN2O3S. The Morgan fingerprint density at radius 1 is 1.03 bits per heavy atom. The first kappa shape index (κ1) is 20.9. The minimum atomic E-state index is -3.75. The summed E-state index contributed by atoms with van der Waals surface area (Å²) in [6, 6.07) is 13.8. The highest BCUT2D eigenvalue weighted by Crippen LogP contribution is 2.31. The van der Waals surface area contributed by atoms with Crippen molar-refractivity contribution in [1.82, 2.24) is 9.47 Å². The molecule has 0 bridgehead atoms. The van der Waals surface area contributed by atoms with Gasteiger partial charge >= 0.3 is 0 Å². The van der Waals surface area contributed by atoms with Gasteiger partial charge in [-0.15, -0.1) is 0 Å². The normalized spacial score (nSPS) is 19.9. The first-order valence-electron chi connectivity index (χ1n) is 10.2. The molecule has 2 unspecified atom stereocenters. The molecule has 3 aromatic rings. The highest BCUT2D eigenvalue weighted by molar-refractivity contribution is 7.91. The van der Waals surface area contributed by atoms with E-state index in [0.29, 0.717) is 10.4 Å². The zero-order valence-corrected chi connectivity index (χ0v) is 18.7. The summed E-state index contributed by atoms with van der Waals surface area (Å²) in [5.74, 6) is 0.0193. The van der Waals surface area contributed by atoms with Crippen LogP contribution in [-0.2, 0) is 21.2 Å². The second kappa shape index (κ2) is 8.08. The summed E-state index contributed by atoms with van der Waals surface area (Å²) >= 11 is 5.92. The number of sulfone groups is 1. The lowest BCUT2D eigenvalue weighted by Gasteiger charge is -2.39. The molecule has 1 fully saturated rings. The van der Waals surface area contributed by atoms with E-state index in [4.69, 9.17) is 11.6 Å². The van der Waals surface area contributed by atoms with Crippen molar-refractivity contribution in [2.45, 2.75) is 61.5 Å². The van der Waals surface area contributed by atoms with Gasteiger partial charge in [0.05, 0.1) is 9.79 Å². The zero-order valence-electron chi connectivity index (χ0n) is 17.1. The number of rotatable bonds is 4. The Morgan fingerprint density at radius 2 is 1.67 bits per heavy atom. The second-order valence-electron chi connectivity index (χ2n) is 8.03. The number of hydrogen-bond acceptors (Lipinski definition) is 3. The fourth-order valence-corrected chi connectivity index (χ4v) is 6.04. The number of fused-ring (bicyclic) bond motifs is 1. The summed E-state index contributed by atoms with van der Waals surface area (Å²) in [6.45, 7) is 4.28. The Labute approximate surface area is 182 Å². The van der Waals surface area contributed by atoms with Crippen LogP contribution in [0.5, 0.6) is 0 Å². The maximum Gasteiger partial charge on any atom is 0.242 e. The minimum Gasteiger partial charge on any atom is -0.337 e. The van der Waals surface area contributed by atoms with Crippen molar-refractivity contribution in [1.29, 1.82) is 0 Å². The molecule has 2 aromatic carbocycles. The molecule has 158 valence electrons. The van der Waals surface area contributed by atoms with E-state index in [9.17, 15) is 13.2 Å².